The number of nitrogens with zero attached hydrogens (tertiary/aromatic N) is 3. The third kappa shape index (κ3) is 3.67. The molecule has 1 fully saturated rings. The van der Waals surface area contributed by atoms with Crippen LogP contribution < -0.4 is 10.2 Å². The van der Waals surface area contributed by atoms with E-state index >= 15 is 0 Å². The summed E-state index contributed by atoms with van der Waals surface area (Å²) in [5.41, 5.74) is 2.37. The number of amides is 1. The highest BCUT2D eigenvalue weighted by Gasteiger charge is 2.16. The molecule has 120 valence electrons. The first kappa shape index (κ1) is 15.5. The van der Waals surface area contributed by atoms with Gasteiger partial charge in [-0.3, -0.25) is 4.79 Å². The molecule has 2 heterocycles. The molecule has 5 heteroatoms. The summed E-state index contributed by atoms with van der Waals surface area (Å²) < 4.78 is 0. The van der Waals surface area contributed by atoms with E-state index in [1.54, 1.807) is 12.3 Å². The maximum atomic E-state index is 12.5. The average Bonchev–Trinajstić information content (AvgIpc) is 2.63. The molecule has 3 rings (SSSR count). The first-order chi connectivity index (χ1) is 11.3. The standard InChI is InChI=1S/C18H22N4O/c1-2-14-8-4-5-9-15(14)20-17(23)16-10-11-19-18(21-16)22-12-6-3-7-13-22/h4-5,8-11H,2-3,6-7,12-13H2,1H3,(H,20,23). The molecular weight excluding hydrogens is 288 g/mol. The van der Waals surface area contributed by atoms with Crippen molar-refractivity contribution in [1.82, 2.24) is 9.97 Å². The number of hydrogen-bond donors (Lipinski definition) is 1. The van der Waals surface area contributed by atoms with Crippen LogP contribution in [-0.2, 0) is 6.42 Å². The Morgan fingerprint density at radius 1 is 1.17 bits per heavy atom. The van der Waals surface area contributed by atoms with Gasteiger partial charge in [-0.05, 0) is 43.4 Å². The molecule has 1 aliphatic heterocycles. The van der Waals surface area contributed by atoms with Crippen molar-refractivity contribution in [1.29, 1.82) is 0 Å². The van der Waals surface area contributed by atoms with Gasteiger partial charge in [0.15, 0.2) is 0 Å². The normalized spacial score (nSPS) is 14.6. The summed E-state index contributed by atoms with van der Waals surface area (Å²) in [6, 6.07) is 9.51. The predicted molar refractivity (Wildman–Crippen MR) is 91.9 cm³/mol. The summed E-state index contributed by atoms with van der Waals surface area (Å²) in [6.45, 7) is 4.00. The molecule has 1 amide bonds. The fourth-order valence-electron chi connectivity index (χ4n) is 2.86. The Balaban J connectivity index is 1.77. The summed E-state index contributed by atoms with van der Waals surface area (Å²) in [7, 11) is 0. The van der Waals surface area contributed by atoms with Crippen LogP contribution >= 0.6 is 0 Å². The molecule has 0 unspecified atom stereocenters. The molecule has 1 aromatic carbocycles. The van der Waals surface area contributed by atoms with Crippen LogP contribution in [0.3, 0.4) is 0 Å². The van der Waals surface area contributed by atoms with Crippen molar-refractivity contribution in [2.24, 2.45) is 0 Å². The lowest BCUT2D eigenvalue weighted by atomic mass is 10.1. The van der Waals surface area contributed by atoms with Crippen LogP contribution in [-0.4, -0.2) is 29.0 Å². The molecule has 0 spiro atoms. The van der Waals surface area contributed by atoms with Gasteiger partial charge in [-0.2, -0.15) is 0 Å². The van der Waals surface area contributed by atoms with Crippen molar-refractivity contribution in [3.8, 4) is 0 Å². The molecule has 0 bridgehead atoms. The van der Waals surface area contributed by atoms with E-state index in [1.807, 2.05) is 24.3 Å². The Bertz CT molecular complexity index is 680. The minimum atomic E-state index is -0.188. The van der Waals surface area contributed by atoms with Crippen molar-refractivity contribution in [3.63, 3.8) is 0 Å². The van der Waals surface area contributed by atoms with Gasteiger partial charge < -0.3 is 10.2 Å². The highest BCUT2D eigenvalue weighted by Crippen LogP contribution is 2.18. The molecule has 23 heavy (non-hydrogen) atoms. The quantitative estimate of drug-likeness (QED) is 0.941. The predicted octanol–water partition coefficient (Wildman–Crippen LogP) is 3.28. The zero-order valence-electron chi connectivity index (χ0n) is 13.5. The SMILES string of the molecule is CCc1ccccc1NC(=O)c1ccnc(N2CCCCC2)n1. The van der Waals surface area contributed by atoms with Gasteiger partial charge >= 0.3 is 0 Å². The van der Waals surface area contributed by atoms with E-state index in [4.69, 9.17) is 0 Å². The van der Waals surface area contributed by atoms with E-state index < -0.39 is 0 Å². The number of para-hydroxylation sites is 1. The van der Waals surface area contributed by atoms with E-state index in [1.165, 1.54) is 6.42 Å². The number of carbonyl (C=O) groups excluding carboxylic acids is 1. The van der Waals surface area contributed by atoms with Gasteiger partial charge in [0.1, 0.15) is 5.69 Å². The zero-order valence-corrected chi connectivity index (χ0v) is 13.5. The molecule has 0 aliphatic carbocycles. The Hall–Kier alpha value is -2.43. The second kappa shape index (κ2) is 7.22. The lowest BCUT2D eigenvalue weighted by Crippen LogP contribution is -2.31. The van der Waals surface area contributed by atoms with Crippen LogP contribution in [0.15, 0.2) is 36.5 Å². The summed E-state index contributed by atoms with van der Waals surface area (Å²) >= 11 is 0. The zero-order chi connectivity index (χ0) is 16.1. The summed E-state index contributed by atoms with van der Waals surface area (Å²) in [4.78, 5) is 23.4. The Morgan fingerprint density at radius 2 is 1.96 bits per heavy atom. The fourth-order valence-corrected chi connectivity index (χ4v) is 2.86. The Kier molecular flexibility index (Phi) is 4.86. The minimum absolute atomic E-state index is 0.188. The fraction of sp³-hybridized carbons (Fsp3) is 0.389. The number of benzene rings is 1. The monoisotopic (exact) mass is 310 g/mol. The maximum Gasteiger partial charge on any atom is 0.274 e. The highest BCUT2D eigenvalue weighted by atomic mass is 16.1. The summed E-state index contributed by atoms with van der Waals surface area (Å²) in [5.74, 6) is 0.465. The molecule has 1 saturated heterocycles. The number of anilines is 2. The molecule has 1 aliphatic rings. The second-order valence-electron chi connectivity index (χ2n) is 5.75. The van der Waals surface area contributed by atoms with Gasteiger partial charge in [0.25, 0.3) is 5.91 Å². The lowest BCUT2D eigenvalue weighted by Gasteiger charge is -2.26. The van der Waals surface area contributed by atoms with Crippen LogP contribution in [0.1, 0.15) is 42.2 Å². The van der Waals surface area contributed by atoms with Gasteiger partial charge in [0, 0.05) is 25.0 Å². The summed E-state index contributed by atoms with van der Waals surface area (Å²) in [5, 5.41) is 2.96. The first-order valence-electron chi connectivity index (χ1n) is 8.25. The number of aromatic nitrogens is 2. The van der Waals surface area contributed by atoms with Crippen molar-refractivity contribution in [2.45, 2.75) is 32.6 Å². The Morgan fingerprint density at radius 3 is 2.74 bits per heavy atom. The number of aryl methyl sites for hydroxylation is 1. The van der Waals surface area contributed by atoms with E-state index in [9.17, 15) is 4.79 Å². The van der Waals surface area contributed by atoms with E-state index in [0.29, 0.717) is 11.6 Å². The van der Waals surface area contributed by atoms with Gasteiger partial charge in [-0.1, -0.05) is 25.1 Å². The van der Waals surface area contributed by atoms with Crippen molar-refractivity contribution in [3.05, 3.63) is 47.8 Å². The lowest BCUT2D eigenvalue weighted by molar-refractivity contribution is 0.102. The molecule has 1 N–H and O–H groups in total. The smallest absolute Gasteiger partial charge is 0.274 e. The molecule has 5 nitrogen and oxygen atoms in total. The Labute approximate surface area is 136 Å². The topological polar surface area (TPSA) is 58.1 Å². The number of rotatable bonds is 4. The van der Waals surface area contributed by atoms with Crippen LogP contribution in [0.5, 0.6) is 0 Å². The van der Waals surface area contributed by atoms with Gasteiger partial charge in [-0.15, -0.1) is 0 Å². The number of hydrogen-bond acceptors (Lipinski definition) is 4. The van der Waals surface area contributed by atoms with E-state index in [2.05, 4.69) is 27.1 Å². The molecule has 0 radical (unpaired) electrons. The van der Waals surface area contributed by atoms with Crippen molar-refractivity contribution < 1.29 is 4.79 Å². The number of piperidine rings is 1. The van der Waals surface area contributed by atoms with Gasteiger partial charge in [0.05, 0.1) is 0 Å². The van der Waals surface area contributed by atoms with E-state index in [-0.39, 0.29) is 5.91 Å². The largest absolute Gasteiger partial charge is 0.341 e. The number of carbonyl (C=O) groups is 1. The van der Waals surface area contributed by atoms with Crippen LogP contribution in [0.25, 0.3) is 0 Å². The summed E-state index contributed by atoms with van der Waals surface area (Å²) in [6.07, 6.45) is 6.11. The molecule has 0 atom stereocenters. The second-order valence-corrected chi connectivity index (χ2v) is 5.75. The van der Waals surface area contributed by atoms with E-state index in [0.717, 1.165) is 43.6 Å². The number of nitrogens with one attached hydrogen (secondary N) is 1. The highest BCUT2D eigenvalue weighted by molar-refractivity contribution is 6.03. The molecule has 1 aromatic heterocycles. The molecular formula is C18H22N4O. The third-order valence-electron chi connectivity index (χ3n) is 4.16. The van der Waals surface area contributed by atoms with Gasteiger partial charge in [0.2, 0.25) is 5.95 Å². The average molecular weight is 310 g/mol. The third-order valence-corrected chi connectivity index (χ3v) is 4.16. The van der Waals surface area contributed by atoms with Crippen LogP contribution in [0.4, 0.5) is 11.6 Å². The van der Waals surface area contributed by atoms with Crippen LogP contribution in [0.2, 0.25) is 0 Å². The van der Waals surface area contributed by atoms with Crippen LogP contribution in [0, 0.1) is 0 Å². The van der Waals surface area contributed by atoms with Crippen molar-refractivity contribution in [2.75, 3.05) is 23.3 Å². The molecule has 2 aromatic rings. The first-order valence-corrected chi connectivity index (χ1v) is 8.25. The molecule has 0 saturated carbocycles. The van der Waals surface area contributed by atoms with Gasteiger partial charge in [-0.25, -0.2) is 9.97 Å². The minimum Gasteiger partial charge on any atom is -0.341 e. The maximum absolute atomic E-state index is 12.5. The van der Waals surface area contributed by atoms with Crippen molar-refractivity contribution >= 4 is 17.5 Å².